The lowest BCUT2D eigenvalue weighted by atomic mass is 10.0. The van der Waals surface area contributed by atoms with Gasteiger partial charge in [0.05, 0.1) is 13.0 Å². The molecule has 2 aromatic carbocycles. The number of carbonyl (C=O) groups is 2. The van der Waals surface area contributed by atoms with E-state index in [1.165, 1.54) is 25.2 Å². The number of allylic oxidation sites excluding steroid dienone is 5. The quantitative estimate of drug-likeness (QED) is 0.141. The predicted octanol–water partition coefficient (Wildman–Crippen LogP) is 6.84. The van der Waals surface area contributed by atoms with E-state index in [9.17, 15) is 22.8 Å². The van der Waals surface area contributed by atoms with Crippen molar-refractivity contribution >= 4 is 33.4 Å². The van der Waals surface area contributed by atoms with E-state index in [4.69, 9.17) is 4.74 Å². The fraction of sp³-hybridized carbons (Fsp3) is 0.259. The molecule has 4 nitrogen and oxygen atoms in total. The largest absolute Gasteiger partial charge is 0.392 e. The molecule has 0 fully saturated rings. The number of halogens is 3. The SMILES string of the molecule is C=C(/C=C\C=C/CC(F)(F)F)C(=O)c1ccc2c(c1)c1cc(C(C)=O)ccc1n2CCOCC. The number of rotatable bonds is 10. The third kappa shape index (κ3) is 5.91. The van der Waals surface area contributed by atoms with Gasteiger partial charge >= 0.3 is 6.18 Å². The molecule has 0 spiro atoms. The van der Waals surface area contributed by atoms with Crippen LogP contribution < -0.4 is 0 Å². The summed E-state index contributed by atoms with van der Waals surface area (Å²) >= 11 is 0. The molecule has 0 aliphatic rings. The number of ketones is 2. The van der Waals surface area contributed by atoms with E-state index in [1.807, 2.05) is 25.1 Å². The van der Waals surface area contributed by atoms with Gasteiger partial charge in [0.1, 0.15) is 0 Å². The predicted molar refractivity (Wildman–Crippen MR) is 128 cm³/mol. The first kappa shape index (κ1) is 25.2. The molecule has 0 N–H and O–H groups in total. The molecule has 1 aromatic heterocycles. The maximum Gasteiger partial charge on any atom is 0.392 e. The molecule has 0 unspecified atom stereocenters. The summed E-state index contributed by atoms with van der Waals surface area (Å²) in [6.45, 7) is 8.92. The van der Waals surface area contributed by atoms with Crippen LogP contribution in [-0.2, 0) is 11.3 Å². The Kier molecular flexibility index (Phi) is 7.89. The third-order valence-corrected chi connectivity index (χ3v) is 5.38. The summed E-state index contributed by atoms with van der Waals surface area (Å²) in [6, 6.07) is 10.8. The number of hydrogen-bond acceptors (Lipinski definition) is 3. The molecule has 0 bridgehead atoms. The van der Waals surface area contributed by atoms with Gasteiger partial charge in [0.15, 0.2) is 11.6 Å². The van der Waals surface area contributed by atoms with Crippen molar-refractivity contribution in [2.24, 2.45) is 0 Å². The lowest BCUT2D eigenvalue weighted by Gasteiger charge is -2.08. The van der Waals surface area contributed by atoms with Crippen molar-refractivity contribution in [3.63, 3.8) is 0 Å². The van der Waals surface area contributed by atoms with Gasteiger partial charge in [-0.25, -0.2) is 0 Å². The van der Waals surface area contributed by atoms with Gasteiger partial charge in [0.25, 0.3) is 0 Å². The standard InChI is InChI=1S/C27H26F3NO3/c1-4-34-15-14-31-24-11-9-20(19(3)32)16-22(24)23-17-21(10-12-25(23)31)26(33)18(2)8-6-5-7-13-27(28,29)30/h5-12,16-17H,2,4,13-15H2,1,3H3/b7-5-,8-6-. The fourth-order valence-corrected chi connectivity index (χ4v) is 3.72. The number of fused-ring (bicyclic) bond motifs is 3. The summed E-state index contributed by atoms with van der Waals surface area (Å²) < 4.78 is 44.3. The molecule has 34 heavy (non-hydrogen) atoms. The van der Waals surface area contributed by atoms with Crippen LogP contribution in [0.3, 0.4) is 0 Å². The van der Waals surface area contributed by atoms with E-state index in [0.29, 0.717) is 30.9 Å². The van der Waals surface area contributed by atoms with Gasteiger partial charge in [-0.1, -0.05) is 30.9 Å². The van der Waals surface area contributed by atoms with Crippen LogP contribution in [0.25, 0.3) is 21.8 Å². The Morgan fingerprint density at radius 1 is 1.03 bits per heavy atom. The minimum absolute atomic E-state index is 0.0542. The Hall–Kier alpha value is -3.45. The Balaban J connectivity index is 1.96. The number of nitrogens with zero attached hydrogens (tertiary/aromatic N) is 1. The van der Waals surface area contributed by atoms with E-state index < -0.39 is 12.6 Å². The molecule has 0 atom stereocenters. The molecular formula is C27H26F3NO3. The molecule has 0 amide bonds. The van der Waals surface area contributed by atoms with Gasteiger partial charge in [-0.05, 0) is 50.2 Å². The van der Waals surface area contributed by atoms with Crippen LogP contribution in [0.15, 0.2) is 72.9 Å². The molecule has 3 rings (SSSR count). The Morgan fingerprint density at radius 3 is 2.24 bits per heavy atom. The van der Waals surface area contributed by atoms with Crippen molar-refractivity contribution in [3.05, 3.63) is 84.0 Å². The minimum Gasteiger partial charge on any atom is -0.380 e. The van der Waals surface area contributed by atoms with Crippen LogP contribution in [0.5, 0.6) is 0 Å². The number of alkyl halides is 3. The Labute approximate surface area is 196 Å². The minimum atomic E-state index is -4.27. The van der Waals surface area contributed by atoms with E-state index in [-0.39, 0.29) is 17.1 Å². The molecule has 7 heteroatoms. The smallest absolute Gasteiger partial charge is 0.380 e. The van der Waals surface area contributed by atoms with Crippen LogP contribution in [-0.4, -0.2) is 35.5 Å². The molecule has 0 saturated heterocycles. The average Bonchev–Trinajstić information content (AvgIpc) is 3.10. The first-order valence-electron chi connectivity index (χ1n) is 10.9. The van der Waals surface area contributed by atoms with Gasteiger partial charge in [-0.2, -0.15) is 13.2 Å². The number of benzene rings is 2. The van der Waals surface area contributed by atoms with Gasteiger partial charge in [-0.3, -0.25) is 9.59 Å². The summed E-state index contributed by atoms with van der Waals surface area (Å²) in [5, 5.41) is 1.67. The first-order valence-corrected chi connectivity index (χ1v) is 10.9. The highest BCUT2D eigenvalue weighted by atomic mass is 19.4. The summed E-state index contributed by atoms with van der Waals surface area (Å²) in [4.78, 5) is 24.8. The van der Waals surface area contributed by atoms with Crippen LogP contribution >= 0.6 is 0 Å². The Bertz CT molecular complexity index is 1300. The lowest BCUT2D eigenvalue weighted by Crippen LogP contribution is -2.06. The van der Waals surface area contributed by atoms with E-state index >= 15 is 0 Å². The van der Waals surface area contributed by atoms with Crippen LogP contribution in [0, 0.1) is 0 Å². The van der Waals surface area contributed by atoms with Gasteiger partial charge in [-0.15, -0.1) is 0 Å². The van der Waals surface area contributed by atoms with Crippen molar-refractivity contribution in [3.8, 4) is 0 Å². The fourth-order valence-electron chi connectivity index (χ4n) is 3.72. The molecule has 1 heterocycles. The lowest BCUT2D eigenvalue weighted by molar-refractivity contribution is -0.125. The second-order valence-corrected chi connectivity index (χ2v) is 7.83. The maximum atomic E-state index is 12.9. The zero-order valence-corrected chi connectivity index (χ0v) is 19.1. The number of carbonyl (C=O) groups excluding carboxylic acids is 2. The molecule has 0 saturated carbocycles. The highest BCUT2D eigenvalue weighted by Gasteiger charge is 2.24. The normalized spacial score (nSPS) is 12.4. The zero-order chi connectivity index (χ0) is 24.9. The highest BCUT2D eigenvalue weighted by molar-refractivity contribution is 6.16. The number of aromatic nitrogens is 1. The first-order chi connectivity index (χ1) is 16.1. The van der Waals surface area contributed by atoms with Gasteiger partial charge in [0.2, 0.25) is 0 Å². The molecule has 0 radical (unpaired) electrons. The maximum absolute atomic E-state index is 12.9. The van der Waals surface area contributed by atoms with Gasteiger partial charge in [0, 0.05) is 51.7 Å². The molecule has 3 aromatic rings. The molecule has 178 valence electrons. The second kappa shape index (κ2) is 10.7. The monoisotopic (exact) mass is 469 g/mol. The van der Waals surface area contributed by atoms with E-state index in [0.717, 1.165) is 27.9 Å². The molecule has 0 aliphatic carbocycles. The summed E-state index contributed by atoms with van der Waals surface area (Å²) in [6.07, 6.45) is -0.336. The van der Waals surface area contributed by atoms with Crippen molar-refractivity contribution in [1.29, 1.82) is 0 Å². The van der Waals surface area contributed by atoms with Crippen LogP contribution in [0.1, 0.15) is 41.0 Å². The van der Waals surface area contributed by atoms with Gasteiger partial charge < -0.3 is 9.30 Å². The second-order valence-electron chi connectivity index (χ2n) is 7.83. The van der Waals surface area contributed by atoms with Crippen LogP contribution in [0.4, 0.5) is 13.2 Å². The van der Waals surface area contributed by atoms with Crippen molar-refractivity contribution in [1.82, 2.24) is 4.57 Å². The van der Waals surface area contributed by atoms with E-state index in [2.05, 4.69) is 11.1 Å². The summed E-state index contributed by atoms with van der Waals surface area (Å²) in [7, 11) is 0. The number of hydrogen-bond donors (Lipinski definition) is 0. The summed E-state index contributed by atoms with van der Waals surface area (Å²) in [5.74, 6) is -0.387. The molecule has 0 aliphatic heterocycles. The Morgan fingerprint density at radius 2 is 1.65 bits per heavy atom. The zero-order valence-electron chi connectivity index (χ0n) is 19.1. The van der Waals surface area contributed by atoms with Crippen molar-refractivity contribution in [2.75, 3.05) is 13.2 Å². The number of ether oxygens (including phenoxy) is 1. The van der Waals surface area contributed by atoms with Crippen LogP contribution in [0.2, 0.25) is 0 Å². The topological polar surface area (TPSA) is 48.3 Å². The average molecular weight is 470 g/mol. The number of Topliss-reactive ketones (excluding diaryl/α,β-unsaturated/α-hetero) is 2. The summed E-state index contributed by atoms with van der Waals surface area (Å²) in [5.41, 5.74) is 2.96. The highest BCUT2D eigenvalue weighted by Crippen LogP contribution is 2.31. The third-order valence-electron chi connectivity index (χ3n) is 5.38. The van der Waals surface area contributed by atoms with Crippen molar-refractivity contribution < 1.29 is 27.5 Å². The van der Waals surface area contributed by atoms with Crippen molar-refractivity contribution in [2.45, 2.75) is 33.0 Å². The van der Waals surface area contributed by atoms with E-state index in [1.54, 1.807) is 18.2 Å². The molecular weight excluding hydrogens is 443 g/mol.